The molecule has 0 heterocycles. The molecule has 0 saturated carbocycles. The lowest BCUT2D eigenvalue weighted by molar-refractivity contribution is 0.803. The molecule has 0 saturated heterocycles. The van der Waals surface area contributed by atoms with E-state index in [1.54, 1.807) is 11.8 Å². The zero-order valence-corrected chi connectivity index (χ0v) is 13.0. The third-order valence-electron chi connectivity index (χ3n) is 2.99. The number of hydrogen-bond donors (Lipinski definition) is 1. The van der Waals surface area contributed by atoms with Gasteiger partial charge in [0.1, 0.15) is 0 Å². The standard InChI is InChI=1S/C16H18ClNS/c1-11-7-8-12(2)16(9-11)19-15-6-4-5-14(17)13(15)10-18-3/h4-9,18H,10H2,1-3H3. The van der Waals surface area contributed by atoms with E-state index in [0.29, 0.717) is 0 Å². The van der Waals surface area contributed by atoms with E-state index < -0.39 is 0 Å². The molecule has 0 bridgehead atoms. The minimum atomic E-state index is 0.785. The largest absolute Gasteiger partial charge is 0.316 e. The zero-order chi connectivity index (χ0) is 13.8. The highest BCUT2D eigenvalue weighted by Gasteiger charge is 2.09. The Labute approximate surface area is 124 Å². The van der Waals surface area contributed by atoms with E-state index in [-0.39, 0.29) is 0 Å². The van der Waals surface area contributed by atoms with Crippen LogP contribution in [0.2, 0.25) is 5.02 Å². The molecule has 2 rings (SSSR count). The molecule has 0 radical (unpaired) electrons. The quantitative estimate of drug-likeness (QED) is 0.866. The molecule has 0 aliphatic heterocycles. The van der Waals surface area contributed by atoms with Crippen molar-refractivity contribution in [3.05, 3.63) is 58.1 Å². The zero-order valence-electron chi connectivity index (χ0n) is 11.5. The van der Waals surface area contributed by atoms with Crippen molar-refractivity contribution in [3.8, 4) is 0 Å². The highest BCUT2D eigenvalue weighted by atomic mass is 35.5. The Kier molecular flexibility index (Phi) is 4.92. The van der Waals surface area contributed by atoms with E-state index in [2.05, 4.69) is 43.4 Å². The summed E-state index contributed by atoms with van der Waals surface area (Å²) in [5.41, 5.74) is 3.74. The van der Waals surface area contributed by atoms with E-state index in [0.717, 1.165) is 17.1 Å². The SMILES string of the molecule is CNCc1c(Cl)cccc1Sc1cc(C)ccc1C. The van der Waals surface area contributed by atoms with Gasteiger partial charge in [-0.2, -0.15) is 0 Å². The molecule has 2 aromatic carbocycles. The topological polar surface area (TPSA) is 12.0 Å². The summed E-state index contributed by atoms with van der Waals surface area (Å²) in [4.78, 5) is 2.51. The third-order valence-corrected chi connectivity index (χ3v) is 4.61. The van der Waals surface area contributed by atoms with Gasteiger partial charge in [0.25, 0.3) is 0 Å². The molecule has 0 aliphatic rings. The number of halogens is 1. The number of aryl methyl sites for hydroxylation is 2. The van der Waals surface area contributed by atoms with Crippen LogP contribution in [0.25, 0.3) is 0 Å². The molecule has 19 heavy (non-hydrogen) atoms. The summed E-state index contributed by atoms with van der Waals surface area (Å²) in [6, 6.07) is 12.6. The van der Waals surface area contributed by atoms with Crippen LogP contribution in [0.4, 0.5) is 0 Å². The summed E-state index contributed by atoms with van der Waals surface area (Å²) in [5, 5.41) is 4.00. The van der Waals surface area contributed by atoms with E-state index in [1.165, 1.54) is 20.9 Å². The molecule has 2 aromatic rings. The van der Waals surface area contributed by atoms with Crippen LogP contribution in [0.5, 0.6) is 0 Å². The van der Waals surface area contributed by atoms with Crippen molar-refractivity contribution < 1.29 is 0 Å². The molecule has 0 aliphatic carbocycles. The van der Waals surface area contributed by atoms with Gasteiger partial charge in [-0.3, -0.25) is 0 Å². The van der Waals surface area contributed by atoms with Gasteiger partial charge in [-0.05, 0) is 55.8 Å². The van der Waals surface area contributed by atoms with Crippen molar-refractivity contribution in [3.63, 3.8) is 0 Å². The molecule has 0 fully saturated rings. The molecule has 100 valence electrons. The van der Waals surface area contributed by atoms with Gasteiger partial charge in [0.05, 0.1) is 0 Å². The van der Waals surface area contributed by atoms with E-state index >= 15 is 0 Å². The maximum Gasteiger partial charge on any atom is 0.0462 e. The average Bonchev–Trinajstić information content (AvgIpc) is 2.38. The Bertz CT molecular complexity index is 581. The summed E-state index contributed by atoms with van der Waals surface area (Å²) >= 11 is 8.08. The molecule has 0 spiro atoms. The Hall–Kier alpha value is -0.960. The van der Waals surface area contributed by atoms with Crippen LogP contribution in [0.1, 0.15) is 16.7 Å². The smallest absolute Gasteiger partial charge is 0.0462 e. The number of hydrogen-bond acceptors (Lipinski definition) is 2. The monoisotopic (exact) mass is 291 g/mol. The van der Waals surface area contributed by atoms with Crippen molar-refractivity contribution in [2.75, 3.05) is 7.05 Å². The summed E-state index contributed by atoms with van der Waals surface area (Å²) in [5.74, 6) is 0. The van der Waals surface area contributed by atoms with Crippen molar-refractivity contribution in [2.45, 2.75) is 30.2 Å². The van der Waals surface area contributed by atoms with Crippen LogP contribution in [0, 0.1) is 13.8 Å². The molecular weight excluding hydrogens is 274 g/mol. The average molecular weight is 292 g/mol. The van der Waals surface area contributed by atoms with Gasteiger partial charge in [-0.15, -0.1) is 0 Å². The second-order valence-electron chi connectivity index (χ2n) is 4.62. The van der Waals surface area contributed by atoms with Gasteiger partial charge in [-0.1, -0.05) is 41.6 Å². The Balaban J connectivity index is 2.37. The second kappa shape index (κ2) is 6.47. The third kappa shape index (κ3) is 3.53. The van der Waals surface area contributed by atoms with Crippen LogP contribution in [-0.2, 0) is 6.54 Å². The molecule has 1 nitrogen and oxygen atoms in total. The lowest BCUT2D eigenvalue weighted by Crippen LogP contribution is -2.06. The predicted molar refractivity (Wildman–Crippen MR) is 84.3 cm³/mol. The van der Waals surface area contributed by atoms with Gasteiger partial charge in [0, 0.05) is 21.4 Å². The summed E-state index contributed by atoms with van der Waals surface area (Å²) in [7, 11) is 1.94. The Morgan fingerprint density at radius 2 is 1.89 bits per heavy atom. The van der Waals surface area contributed by atoms with Gasteiger partial charge in [-0.25, -0.2) is 0 Å². The number of rotatable bonds is 4. The highest BCUT2D eigenvalue weighted by molar-refractivity contribution is 7.99. The summed E-state index contributed by atoms with van der Waals surface area (Å²) in [6.45, 7) is 5.05. The van der Waals surface area contributed by atoms with Crippen molar-refractivity contribution in [1.82, 2.24) is 5.32 Å². The fourth-order valence-corrected chi connectivity index (χ4v) is 3.38. The first-order chi connectivity index (χ1) is 9.11. The van der Waals surface area contributed by atoms with Crippen molar-refractivity contribution in [2.24, 2.45) is 0 Å². The molecule has 0 unspecified atom stereocenters. The highest BCUT2D eigenvalue weighted by Crippen LogP contribution is 2.35. The lowest BCUT2D eigenvalue weighted by atomic mass is 10.2. The minimum Gasteiger partial charge on any atom is -0.316 e. The fourth-order valence-electron chi connectivity index (χ4n) is 1.92. The second-order valence-corrected chi connectivity index (χ2v) is 6.11. The van der Waals surface area contributed by atoms with Crippen LogP contribution in [0.3, 0.4) is 0 Å². The fraction of sp³-hybridized carbons (Fsp3) is 0.250. The molecule has 0 atom stereocenters. The van der Waals surface area contributed by atoms with Crippen LogP contribution >= 0.6 is 23.4 Å². The summed E-state index contributed by atoms with van der Waals surface area (Å²) < 4.78 is 0. The number of benzene rings is 2. The normalized spacial score (nSPS) is 10.7. The first kappa shape index (κ1) is 14.4. The minimum absolute atomic E-state index is 0.785. The predicted octanol–water partition coefficient (Wildman–Crippen LogP) is 4.83. The van der Waals surface area contributed by atoms with E-state index in [4.69, 9.17) is 11.6 Å². The van der Waals surface area contributed by atoms with Crippen molar-refractivity contribution >= 4 is 23.4 Å². The first-order valence-corrected chi connectivity index (χ1v) is 7.48. The molecule has 1 N–H and O–H groups in total. The van der Waals surface area contributed by atoms with Crippen LogP contribution < -0.4 is 5.32 Å². The van der Waals surface area contributed by atoms with Gasteiger partial charge in [0.15, 0.2) is 0 Å². The number of nitrogens with one attached hydrogen (secondary N) is 1. The Morgan fingerprint density at radius 3 is 2.63 bits per heavy atom. The maximum atomic E-state index is 6.29. The van der Waals surface area contributed by atoms with Gasteiger partial charge < -0.3 is 5.32 Å². The maximum absolute atomic E-state index is 6.29. The molecule has 0 aromatic heterocycles. The molecule has 0 amide bonds. The molecular formula is C16H18ClNS. The first-order valence-electron chi connectivity index (χ1n) is 6.29. The lowest BCUT2D eigenvalue weighted by Gasteiger charge is -2.12. The van der Waals surface area contributed by atoms with E-state index in [9.17, 15) is 0 Å². The van der Waals surface area contributed by atoms with Gasteiger partial charge in [0.2, 0.25) is 0 Å². The van der Waals surface area contributed by atoms with Crippen LogP contribution in [-0.4, -0.2) is 7.05 Å². The molecule has 3 heteroatoms. The van der Waals surface area contributed by atoms with Gasteiger partial charge >= 0.3 is 0 Å². The van der Waals surface area contributed by atoms with Crippen molar-refractivity contribution in [1.29, 1.82) is 0 Å². The van der Waals surface area contributed by atoms with Crippen LogP contribution in [0.15, 0.2) is 46.2 Å². The van der Waals surface area contributed by atoms with E-state index in [1.807, 2.05) is 19.2 Å². The Morgan fingerprint density at radius 1 is 1.11 bits per heavy atom. The summed E-state index contributed by atoms with van der Waals surface area (Å²) in [6.07, 6.45) is 0.